The SMILES string of the molecule is CNOCCC1CCCN1C. The Bertz CT molecular complexity index is 108. The van der Waals surface area contributed by atoms with Gasteiger partial charge in [-0.3, -0.25) is 0 Å². The van der Waals surface area contributed by atoms with E-state index in [1.54, 1.807) is 7.05 Å². The van der Waals surface area contributed by atoms with E-state index in [1.165, 1.54) is 19.4 Å². The third-order valence-electron chi connectivity index (χ3n) is 2.37. The van der Waals surface area contributed by atoms with Crippen molar-refractivity contribution in [3.05, 3.63) is 0 Å². The van der Waals surface area contributed by atoms with Gasteiger partial charge in [0.2, 0.25) is 0 Å². The first-order chi connectivity index (χ1) is 5.34. The topological polar surface area (TPSA) is 24.5 Å². The molecule has 1 aliphatic rings. The van der Waals surface area contributed by atoms with Crippen molar-refractivity contribution in [3.63, 3.8) is 0 Å². The van der Waals surface area contributed by atoms with Gasteiger partial charge in [-0.25, -0.2) is 5.48 Å². The second kappa shape index (κ2) is 4.70. The molecule has 3 heteroatoms. The van der Waals surface area contributed by atoms with Crippen molar-refractivity contribution in [1.29, 1.82) is 0 Å². The van der Waals surface area contributed by atoms with Gasteiger partial charge in [-0.15, -0.1) is 0 Å². The Morgan fingerprint density at radius 2 is 2.45 bits per heavy atom. The molecule has 1 fully saturated rings. The summed E-state index contributed by atoms with van der Waals surface area (Å²) in [5.74, 6) is 0. The van der Waals surface area contributed by atoms with Gasteiger partial charge in [0.25, 0.3) is 0 Å². The minimum absolute atomic E-state index is 0.753. The number of hydroxylamine groups is 1. The highest BCUT2D eigenvalue weighted by molar-refractivity contribution is 4.75. The number of hydrogen-bond donors (Lipinski definition) is 1. The molecule has 66 valence electrons. The fourth-order valence-corrected chi connectivity index (χ4v) is 1.64. The first kappa shape index (κ1) is 8.97. The van der Waals surface area contributed by atoms with Crippen molar-refractivity contribution >= 4 is 0 Å². The summed E-state index contributed by atoms with van der Waals surface area (Å²) in [6.07, 6.45) is 3.83. The molecule has 0 spiro atoms. The van der Waals surface area contributed by atoms with Crippen LogP contribution < -0.4 is 5.48 Å². The molecule has 3 nitrogen and oxygen atoms in total. The quantitative estimate of drug-likeness (QED) is 0.479. The first-order valence-electron chi connectivity index (χ1n) is 4.33. The summed E-state index contributed by atoms with van der Waals surface area (Å²) in [6.45, 7) is 2.08. The van der Waals surface area contributed by atoms with Crippen LogP contribution in [-0.4, -0.2) is 38.2 Å². The Hall–Kier alpha value is -0.120. The van der Waals surface area contributed by atoms with Crippen LogP contribution in [0.25, 0.3) is 0 Å². The largest absolute Gasteiger partial charge is 0.303 e. The zero-order chi connectivity index (χ0) is 8.10. The zero-order valence-corrected chi connectivity index (χ0v) is 7.47. The second-order valence-electron chi connectivity index (χ2n) is 3.12. The predicted octanol–water partition coefficient (Wildman–Crippen LogP) is 0.622. The molecular formula is C8H18N2O. The Balaban J connectivity index is 2.05. The van der Waals surface area contributed by atoms with Gasteiger partial charge in [0, 0.05) is 13.1 Å². The number of nitrogens with one attached hydrogen (secondary N) is 1. The molecule has 11 heavy (non-hydrogen) atoms. The van der Waals surface area contributed by atoms with Crippen LogP contribution >= 0.6 is 0 Å². The summed E-state index contributed by atoms with van der Waals surface area (Å²) in [5.41, 5.74) is 2.69. The van der Waals surface area contributed by atoms with Crippen molar-refractivity contribution in [2.45, 2.75) is 25.3 Å². The van der Waals surface area contributed by atoms with Crippen molar-refractivity contribution < 1.29 is 4.84 Å². The van der Waals surface area contributed by atoms with Crippen molar-refractivity contribution in [1.82, 2.24) is 10.4 Å². The maximum atomic E-state index is 5.07. The molecule has 1 unspecified atom stereocenters. The molecule has 0 bridgehead atoms. The Morgan fingerprint density at radius 1 is 1.64 bits per heavy atom. The van der Waals surface area contributed by atoms with E-state index >= 15 is 0 Å². The second-order valence-corrected chi connectivity index (χ2v) is 3.12. The third kappa shape index (κ3) is 2.77. The molecule has 0 aromatic heterocycles. The maximum Gasteiger partial charge on any atom is 0.0696 e. The first-order valence-corrected chi connectivity index (χ1v) is 4.33. The summed E-state index contributed by atoms with van der Waals surface area (Å²) in [4.78, 5) is 7.48. The van der Waals surface area contributed by atoms with Crippen LogP contribution in [0.1, 0.15) is 19.3 Å². The molecule has 1 heterocycles. The fraction of sp³-hybridized carbons (Fsp3) is 1.00. The molecule has 1 atom stereocenters. The van der Waals surface area contributed by atoms with Gasteiger partial charge in [0.15, 0.2) is 0 Å². The van der Waals surface area contributed by atoms with E-state index in [2.05, 4.69) is 17.4 Å². The molecule has 1 rings (SSSR count). The minimum atomic E-state index is 0.753. The van der Waals surface area contributed by atoms with Gasteiger partial charge in [0.05, 0.1) is 6.61 Å². The van der Waals surface area contributed by atoms with Crippen molar-refractivity contribution in [3.8, 4) is 0 Å². The monoisotopic (exact) mass is 158 g/mol. The normalized spacial score (nSPS) is 26.2. The number of nitrogens with zero attached hydrogens (tertiary/aromatic N) is 1. The van der Waals surface area contributed by atoms with Gasteiger partial charge in [-0.2, -0.15) is 0 Å². The standard InChI is InChI=1S/C8H18N2O/c1-9-11-7-5-8-4-3-6-10(8)2/h8-9H,3-7H2,1-2H3. The summed E-state index contributed by atoms with van der Waals surface area (Å²) >= 11 is 0. The molecule has 0 aromatic rings. The summed E-state index contributed by atoms with van der Waals surface area (Å²) in [6, 6.07) is 0.753. The van der Waals surface area contributed by atoms with Crippen molar-refractivity contribution in [2.24, 2.45) is 0 Å². The highest BCUT2D eigenvalue weighted by Gasteiger charge is 2.19. The van der Waals surface area contributed by atoms with E-state index in [0.29, 0.717) is 0 Å². The van der Waals surface area contributed by atoms with Gasteiger partial charge in [0.1, 0.15) is 0 Å². The molecule has 0 amide bonds. The van der Waals surface area contributed by atoms with Gasteiger partial charge >= 0.3 is 0 Å². The molecule has 1 N–H and O–H groups in total. The van der Waals surface area contributed by atoms with E-state index in [4.69, 9.17) is 4.84 Å². The van der Waals surface area contributed by atoms with E-state index in [-0.39, 0.29) is 0 Å². The highest BCUT2D eigenvalue weighted by Crippen LogP contribution is 2.17. The van der Waals surface area contributed by atoms with Gasteiger partial charge in [-0.05, 0) is 32.9 Å². The average Bonchev–Trinajstić information content (AvgIpc) is 2.37. The third-order valence-corrected chi connectivity index (χ3v) is 2.37. The molecular weight excluding hydrogens is 140 g/mol. The predicted molar refractivity (Wildman–Crippen MR) is 45.3 cm³/mol. The Kier molecular flexibility index (Phi) is 3.83. The van der Waals surface area contributed by atoms with Gasteiger partial charge < -0.3 is 9.74 Å². The van der Waals surface area contributed by atoms with Crippen LogP contribution in [0.3, 0.4) is 0 Å². The molecule has 1 saturated heterocycles. The zero-order valence-electron chi connectivity index (χ0n) is 7.47. The molecule has 0 aliphatic carbocycles. The Morgan fingerprint density at radius 3 is 3.00 bits per heavy atom. The molecule has 0 radical (unpaired) electrons. The lowest BCUT2D eigenvalue weighted by Crippen LogP contribution is -2.26. The van der Waals surface area contributed by atoms with Crippen LogP contribution in [0, 0.1) is 0 Å². The highest BCUT2D eigenvalue weighted by atomic mass is 16.6. The maximum absolute atomic E-state index is 5.07. The fourth-order valence-electron chi connectivity index (χ4n) is 1.64. The van der Waals surface area contributed by atoms with Crippen LogP contribution in [0.15, 0.2) is 0 Å². The molecule has 0 saturated carbocycles. The van der Waals surface area contributed by atoms with Crippen LogP contribution in [0.2, 0.25) is 0 Å². The van der Waals surface area contributed by atoms with Crippen LogP contribution in [0.5, 0.6) is 0 Å². The summed E-state index contributed by atoms with van der Waals surface area (Å²) in [5, 5.41) is 0. The van der Waals surface area contributed by atoms with Crippen LogP contribution in [-0.2, 0) is 4.84 Å². The summed E-state index contributed by atoms with van der Waals surface area (Å²) in [7, 11) is 4.00. The van der Waals surface area contributed by atoms with Crippen molar-refractivity contribution in [2.75, 3.05) is 27.2 Å². The smallest absolute Gasteiger partial charge is 0.0696 e. The van der Waals surface area contributed by atoms with E-state index in [0.717, 1.165) is 19.1 Å². The Labute approximate surface area is 68.7 Å². The lowest BCUT2D eigenvalue weighted by Gasteiger charge is -2.18. The lowest BCUT2D eigenvalue weighted by atomic mass is 10.2. The summed E-state index contributed by atoms with van der Waals surface area (Å²) < 4.78 is 0. The van der Waals surface area contributed by atoms with E-state index in [1.807, 2.05) is 0 Å². The average molecular weight is 158 g/mol. The number of hydrogen-bond acceptors (Lipinski definition) is 3. The molecule has 1 aliphatic heterocycles. The van der Waals surface area contributed by atoms with E-state index in [9.17, 15) is 0 Å². The molecule has 0 aromatic carbocycles. The van der Waals surface area contributed by atoms with Gasteiger partial charge in [-0.1, -0.05) is 0 Å². The lowest BCUT2D eigenvalue weighted by molar-refractivity contribution is 0.0458. The van der Waals surface area contributed by atoms with E-state index < -0.39 is 0 Å². The van der Waals surface area contributed by atoms with Crippen LogP contribution in [0.4, 0.5) is 0 Å². The minimum Gasteiger partial charge on any atom is -0.303 e. The number of likely N-dealkylation sites (tertiary alicyclic amines) is 1. The number of rotatable bonds is 4.